The van der Waals surface area contributed by atoms with Crippen molar-refractivity contribution in [1.82, 2.24) is 15.1 Å². The number of nitrogens with zero attached hydrogens (tertiary/aromatic N) is 3. The Balaban J connectivity index is 1.80. The summed E-state index contributed by atoms with van der Waals surface area (Å²) in [7, 11) is 0. The van der Waals surface area contributed by atoms with Crippen molar-refractivity contribution in [3.8, 4) is 0 Å². The van der Waals surface area contributed by atoms with Crippen molar-refractivity contribution in [3.05, 3.63) is 39.9 Å². The molecule has 0 spiro atoms. The molecule has 23 heavy (non-hydrogen) atoms. The Morgan fingerprint density at radius 2 is 1.87 bits per heavy atom. The van der Waals surface area contributed by atoms with Crippen LogP contribution in [0.2, 0.25) is 0 Å². The second kappa shape index (κ2) is 7.86. The number of nitrogens with one attached hydrogen (secondary N) is 1. The van der Waals surface area contributed by atoms with Crippen LogP contribution in [-0.4, -0.2) is 60.5 Å². The molecule has 1 unspecified atom stereocenters. The number of likely N-dealkylation sites (tertiary alicyclic amines) is 1. The summed E-state index contributed by atoms with van der Waals surface area (Å²) < 4.78 is 0. The predicted molar refractivity (Wildman–Crippen MR) is 90.6 cm³/mol. The minimum absolute atomic E-state index is 0.199. The minimum Gasteiger partial charge on any atom is -0.314 e. The Bertz CT molecular complexity index is 525. The molecular weight excluding hydrogens is 292 g/mol. The summed E-state index contributed by atoms with van der Waals surface area (Å²) in [6.45, 7) is 7.32. The third kappa shape index (κ3) is 4.28. The van der Waals surface area contributed by atoms with Gasteiger partial charge in [-0.25, -0.2) is 0 Å². The van der Waals surface area contributed by atoms with E-state index in [2.05, 4.69) is 21.2 Å². The first-order valence-electron chi connectivity index (χ1n) is 8.65. The summed E-state index contributed by atoms with van der Waals surface area (Å²) in [4.78, 5) is 15.8. The molecule has 0 saturated carbocycles. The normalized spacial score (nSPS) is 21.9. The lowest BCUT2D eigenvalue weighted by Gasteiger charge is -2.39. The SMILES string of the molecule is O=[N+]([O-])c1cccc(C(CN2CCNCC2)N2CCCCC2)c1. The van der Waals surface area contributed by atoms with E-state index in [0.717, 1.165) is 51.4 Å². The van der Waals surface area contributed by atoms with E-state index < -0.39 is 0 Å². The summed E-state index contributed by atoms with van der Waals surface area (Å²) in [5.41, 5.74) is 1.28. The van der Waals surface area contributed by atoms with Crippen molar-refractivity contribution >= 4 is 5.69 Å². The molecule has 126 valence electrons. The number of non-ortho nitro benzene ring substituents is 1. The zero-order valence-electron chi connectivity index (χ0n) is 13.6. The van der Waals surface area contributed by atoms with E-state index in [1.54, 1.807) is 12.1 Å². The third-order valence-corrected chi connectivity index (χ3v) is 4.94. The van der Waals surface area contributed by atoms with Crippen LogP contribution in [0.4, 0.5) is 5.69 Å². The van der Waals surface area contributed by atoms with Crippen molar-refractivity contribution in [2.24, 2.45) is 0 Å². The molecule has 1 atom stereocenters. The number of rotatable bonds is 5. The molecule has 0 amide bonds. The Kier molecular flexibility index (Phi) is 5.59. The number of nitro benzene ring substituents is 1. The van der Waals surface area contributed by atoms with Crippen LogP contribution in [0.3, 0.4) is 0 Å². The third-order valence-electron chi connectivity index (χ3n) is 4.94. The molecule has 0 aliphatic carbocycles. The highest BCUT2D eigenvalue weighted by atomic mass is 16.6. The standard InChI is InChI=1S/C17H26N4O2/c22-21(23)16-6-4-5-15(13-16)17(20-9-2-1-3-10-20)14-19-11-7-18-8-12-19/h4-6,13,17-18H,1-3,7-12,14H2. The Hall–Kier alpha value is -1.50. The van der Waals surface area contributed by atoms with Gasteiger partial charge in [0.2, 0.25) is 0 Å². The highest BCUT2D eigenvalue weighted by Gasteiger charge is 2.26. The van der Waals surface area contributed by atoms with Crippen molar-refractivity contribution in [1.29, 1.82) is 0 Å². The van der Waals surface area contributed by atoms with Gasteiger partial charge >= 0.3 is 0 Å². The number of benzene rings is 1. The van der Waals surface area contributed by atoms with E-state index in [1.165, 1.54) is 19.3 Å². The molecule has 6 heteroatoms. The molecule has 6 nitrogen and oxygen atoms in total. The van der Waals surface area contributed by atoms with Gasteiger partial charge in [0.25, 0.3) is 5.69 Å². The Morgan fingerprint density at radius 3 is 2.57 bits per heavy atom. The maximum absolute atomic E-state index is 11.1. The fraction of sp³-hybridized carbons (Fsp3) is 0.647. The molecule has 2 aliphatic rings. The Labute approximate surface area is 137 Å². The molecular formula is C17H26N4O2. The number of nitro groups is 1. The van der Waals surface area contributed by atoms with Gasteiger partial charge in [0.1, 0.15) is 0 Å². The molecule has 1 N–H and O–H groups in total. The first kappa shape index (κ1) is 16.4. The van der Waals surface area contributed by atoms with Gasteiger partial charge in [0.05, 0.1) is 4.92 Å². The van der Waals surface area contributed by atoms with Gasteiger partial charge in [-0.2, -0.15) is 0 Å². The van der Waals surface area contributed by atoms with Crippen LogP contribution in [0, 0.1) is 10.1 Å². The van der Waals surface area contributed by atoms with Crippen LogP contribution < -0.4 is 5.32 Å². The van der Waals surface area contributed by atoms with Gasteiger partial charge in [-0.15, -0.1) is 0 Å². The van der Waals surface area contributed by atoms with Crippen molar-refractivity contribution in [3.63, 3.8) is 0 Å². The fourth-order valence-corrected chi connectivity index (χ4v) is 3.65. The number of hydrogen-bond acceptors (Lipinski definition) is 5. The van der Waals surface area contributed by atoms with E-state index in [0.29, 0.717) is 0 Å². The molecule has 0 radical (unpaired) electrons. The maximum atomic E-state index is 11.1. The Morgan fingerprint density at radius 1 is 1.13 bits per heavy atom. The fourth-order valence-electron chi connectivity index (χ4n) is 3.65. The summed E-state index contributed by atoms with van der Waals surface area (Å²) in [5.74, 6) is 0. The minimum atomic E-state index is -0.290. The van der Waals surface area contributed by atoms with Crippen molar-refractivity contribution in [2.75, 3.05) is 45.8 Å². The van der Waals surface area contributed by atoms with Gasteiger partial charge in [-0.1, -0.05) is 18.6 Å². The lowest BCUT2D eigenvalue weighted by atomic mass is 10.00. The van der Waals surface area contributed by atoms with Crippen LogP contribution >= 0.6 is 0 Å². The van der Waals surface area contributed by atoms with Crippen LogP contribution in [0.15, 0.2) is 24.3 Å². The van der Waals surface area contributed by atoms with Crippen LogP contribution in [0.25, 0.3) is 0 Å². The first-order chi connectivity index (χ1) is 11.2. The van der Waals surface area contributed by atoms with Gasteiger partial charge < -0.3 is 5.32 Å². The van der Waals surface area contributed by atoms with Crippen LogP contribution in [0.5, 0.6) is 0 Å². The molecule has 2 aliphatic heterocycles. The van der Waals surface area contributed by atoms with Crippen molar-refractivity contribution < 1.29 is 4.92 Å². The smallest absolute Gasteiger partial charge is 0.269 e. The monoisotopic (exact) mass is 318 g/mol. The number of piperidine rings is 1. The average molecular weight is 318 g/mol. The van der Waals surface area contributed by atoms with Crippen LogP contribution in [-0.2, 0) is 0 Å². The second-order valence-electron chi connectivity index (χ2n) is 6.52. The quantitative estimate of drug-likeness (QED) is 0.665. The molecule has 0 aromatic heterocycles. The molecule has 3 rings (SSSR count). The van der Waals surface area contributed by atoms with Crippen LogP contribution in [0.1, 0.15) is 30.9 Å². The number of hydrogen-bond donors (Lipinski definition) is 1. The average Bonchev–Trinajstić information content (AvgIpc) is 2.61. The molecule has 2 saturated heterocycles. The number of piperazine rings is 1. The largest absolute Gasteiger partial charge is 0.314 e. The zero-order chi connectivity index (χ0) is 16.1. The predicted octanol–water partition coefficient (Wildman–Crippen LogP) is 2.03. The van der Waals surface area contributed by atoms with Gasteiger partial charge in [0, 0.05) is 50.9 Å². The molecule has 2 fully saturated rings. The summed E-state index contributed by atoms with van der Waals surface area (Å²) in [6, 6.07) is 7.48. The van der Waals surface area contributed by atoms with E-state index in [9.17, 15) is 10.1 Å². The summed E-state index contributed by atoms with van der Waals surface area (Å²) in [6.07, 6.45) is 3.76. The topological polar surface area (TPSA) is 61.7 Å². The highest BCUT2D eigenvalue weighted by Crippen LogP contribution is 2.28. The van der Waals surface area contributed by atoms with E-state index in [-0.39, 0.29) is 16.7 Å². The van der Waals surface area contributed by atoms with E-state index in [1.807, 2.05) is 6.07 Å². The van der Waals surface area contributed by atoms with Crippen molar-refractivity contribution in [2.45, 2.75) is 25.3 Å². The summed E-state index contributed by atoms with van der Waals surface area (Å²) >= 11 is 0. The lowest BCUT2D eigenvalue weighted by Crippen LogP contribution is -2.48. The molecule has 0 bridgehead atoms. The van der Waals surface area contributed by atoms with E-state index >= 15 is 0 Å². The molecule has 2 heterocycles. The van der Waals surface area contributed by atoms with Gasteiger partial charge in [0.15, 0.2) is 0 Å². The molecule has 1 aromatic carbocycles. The first-order valence-corrected chi connectivity index (χ1v) is 8.65. The summed E-state index contributed by atoms with van der Waals surface area (Å²) in [5, 5.41) is 14.5. The lowest BCUT2D eigenvalue weighted by molar-refractivity contribution is -0.385. The zero-order valence-corrected chi connectivity index (χ0v) is 13.6. The maximum Gasteiger partial charge on any atom is 0.269 e. The van der Waals surface area contributed by atoms with E-state index in [4.69, 9.17) is 0 Å². The highest BCUT2D eigenvalue weighted by molar-refractivity contribution is 5.36. The van der Waals surface area contributed by atoms with Gasteiger partial charge in [-0.05, 0) is 31.5 Å². The van der Waals surface area contributed by atoms with Gasteiger partial charge in [-0.3, -0.25) is 19.9 Å². The molecule has 1 aromatic rings. The second-order valence-corrected chi connectivity index (χ2v) is 6.52.